The number of anilines is 1. The second-order valence-corrected chi connectivity index (χ2v) is 7.07. The summed E-state index contributed by atoms with van der Waals surface area (Å²) < 4.78 is 0. The fraction of sp³-hybridized carbons (Fsp3) is 0.556. The Morgan fingerprint density at radius 3 is 2.27 bits per heavy atom. The molecule has 0 aliphatic heterocycles. The molecule has 0 atom stereocenters. The van der Waals surface area contributed by atoms with Crippen molar-refractivity contribution in [3.63, 3.8) is 0 Å². The number of rotatable bonds is 5. The Morgan fingerprint density at radius 1 is 1.18 bits per heavy atom. The van der Waals surface area contributed by atoms with E-state index in [9.17, 15) is 9.59 Å². The summed E-state index contributed by atoms with van der Waals surface area (Å²) in [6, 6.07) is 7.77. The van der Waals surface area contributed by atoms with Crippen molar-refractivity contribution in [1.82, 2.24) is 5.32 Å². The van der Waals surface area contributed by atoms with Crippen molar-refractivity contribution in [2.75, 3.05) is 18.0 Å². The number of hydrogen-bond donors (Lipinski definition) is 1. The van der Waals surface area contributed by atoms with Crippen molar-refractivity contribution >= 4 is 17.5 Å². The molecule has 0 aromatic heterocycles. The Hall–Kier alpha value is -1.84. The van der Waals surface area contributed by atoms with Crippen molar-refractivity contribution in [1.29, 1.82) is 0 Å². The van der Waals surface area contributed by atoms with Crippen LogP contribution in [0.25, 0.3) is 0 Å². The van der Waals surface area contributed by atoms with Gasteiger partial charge in [0.25, 0.3) is 0 Å². The SMILES string of the molecule is CC(=O)N(CC(=O)NCC(C)C)c1ccccc1C(C)(C)C. The fourth-order valence-corrected chi connectivity index (χ4v) is 2.23. The Balaban J connectivity index is 3.03. The van der Waals surface area contributed by atoms with Gasteiger partial charge in [0.15, 0.2) is 0 Å². The maximum absolute atomic E-state index is 12.1. The molecular formula is C18H28N2O2. The lowest BCUT2D eigenvalue weighted by Gasteiger charge is -2.29. The molecule has 1 rings (SSSR count). The highest BCUT2D eigenvalue weighted by molar-refractivity contribution is 5.98. The van der Waals surface area contributed by atoms with E-state index < -0.39 is 0 Å². The molecule has 1 aromatic carbocycles. The molecule has 0 radical (unpaired) electrons. The number of nitrogens with one attached hydrogen (secondary N) is 1. The van der Waals surface area contributed by atoms with Gasteiger partial charge < -0.3 is 10.2 Å². The van der Waals surface area contributed by atoms with Crippen LogP contribution < -0.4 is 10.2 Å². The zero-order valence-electron chi connectivity index (χ0n) is 14.6. The molecule has 0 spiro atoms. The summed E-state index contributed by atoms with van der Waals surface area (Å²) in [5.74, 6) is 0.126. The van der Waals surface area contributed by atoms with Gasteiger partial charge in [-0.1, -0.05) is 52.8 Å². The van der Waals surface area contributed by atoms with Crippen molar-refractivity contribution in [2.45, 2.75) is 47.0 Å². The maximum atomic E-state index is 12.1. The third kappa shape index (κ3) is 5.17. The number of carbonyl (C=O) groups is 2. The number of amides is 2. The molecular weight excluding hydrogens is 276 g/mol. The zero-order valence-corrected chi connectivity index (χ0v) is 14.6. The average Bonchev–Trinajstić information content (AvgIpc) is 2.41. The molecule has 4 nitrogen and oxygen atoms in total. The third-order valence-electron chi connectivity index (χ3n) is 3.39. The van der Waals surface area contributed by atoms with Gasteiger partial charge in [-0.2, -0.15) is 0 Å². The maximum Gasteiger partial charge on any atom is 0.240 e. The topological polar surface area (TPSA) is 49.4 Å². The molecule has 0 saturated carbocycles. The first kappa shape index (κ1) is 18.2. The van der Waals surface area contributed by atoms with Crippen molar-refractivity contribution in [3.8, 4) is 0 Å². The predicted molar refractivity (Wildman–Crippen MR) is 91.0 cm³/mol. The summed E-state index contributed by atoms with van der Waals surface area (Å²) >= 11 is 0. The molecule has 22 heavy (non-hydrogen) atoms. The van der Waals surface area contributed by atoms with E-state index in [0.29, 0.717) is 12.5 Å². The minimum Gasteiger partial charge on any atom is -0.354 e. The van der Waals surface area contributed by atoms with E-state index in [4.69, 9.17) is 0 Å². The van der Waals surface area contributed by atoms with Crippen LogP contribution in [0.2, 0.25) is 0 Å². The van der Waals surface area contributed by atoms with E-state index >= 15 is 0 Å². The van der Waals surface area contributed by atoms with Gasteiger partial charge in [-0.3, -0.25) is 9.59 Å². The molecule has 2 amide bonds. The molecule has 1 N–H and O–H groups in total. The van der Waals surface area contributed by atoms with E-state index in [-0.39, 0.29) is 23.8 Å². The number of para-hydroxylation sites is 1. The summed E-state index contributed by atoms with van der Waals surface area (Å²) in [7, 11) is 0. The van der Waals surface area contributed by atoms with Crippen molar-refractivity contribution in [2.24, 2.45) is 5.92 Å². The molecule has 0 bridgehead atoms. The summed E-state index contributed by atoms with van der Waals surface area (Å²) in [6.45, 7) is 12.5. The number of hydrogen-bond acceptors (Lipinski definition) is 2. The number of benzene rings is 1. The quantitative estimate of drug-likeness (QED) is 0.908. The van der Waals surface area contributed by atoms with Gasteiger partial charge in [-0.05, 0) is 23.0 Å². The highest BCUT2D eigenvalue weighted by Gasteiger charge is 2.24. The molecule has 0 aliphatic carbocycles. The largest absolute Gasteiger partial charge is 0.354 e. The smallest absolute Gasteiger partial charge is 0.240 e. The average molecular weight is 304 g/mol. The van der Waals surface area contributed by atoms with Gasteiger partial charge in [-0.15, -0.1) is 0 Å². The summed E-state index contributed by atoms with van der Waals surface area (Å²) in [6.07, 6.45) is 0. The van der Waals surface area contributed by atoms with Gasteiger partial charge in [-0.25, -0.2) is 0 Å². The van der Waals surface area contributed by atoms with Crippen molar-refractivity contribution in [3.05, 3.63) is 29.8 Å². The number of carbonyl (C=O) groups excluding carboxylic acids is 2. The first-order valence-corrected chi connectivity index (χ1v) is 7.77. The molecule has 122 valence electrons. The van der Waals surface area contributed by atoms with Crippen LogP contribution in [0.3, 0.4) is 0 Å². The fourth-order valence-electron chi connectivity index (χ4n) is 2.23. The second-order valence-electron chi connectivity index (χ2n) is 7.07. The Morgan fingerprint density at radius 2 is 1.77 bits per heavy atom. The third-order valence-corrected chi connectivity index (χ3v) is 3.39. The van der Waals surface area contributed by atoms with Crippen LogP contribution in [-0.4, -0.2) is 24.9 Å². The Bertz CT molecular complexity index is 530. The van der Waals surface area contributed by atoms with Gasteiger partial charge in [0.05, 0.1) is 0 Å². The molecule has 4 heteroatoms. The van der Waals surface area contributed by atoms with Crippen molar-refractivity contribution < 1.29 is 9.59 Å². The van der Waals surface area contributed by atoms with Crippen LogP contribution in [0.1, 0.15) is 47.1 Å². The van der Waals surface area contributed by atoms with E-state index in [0.717, 1.165) is 11.3 Å². The summed E-state index contributed by atoms with van der Waals surface area (Å²) in [5, 5.41) is 2.86. The predicted octanol–water partition coefficient (Wildman–Crippen LogP) is 3.11. The molecule has 0 saturated heterocycles. The zero-order chi connectivity index (χ0) is 16.9. The van der Waals surface area contributed by atoms with Crippen LogP contribution in [0.4, 0.5) is 5.69 Å². The van der Waals surface area contributed by atoms with Gasteiger partial charge >= 0.3 is 0 Å². The molecule has 0 fully saturated rings. The Kier molecular flexibility index (Phi) is 6.15. The summed E-state index contributed by atoms with van der Waals surface area (Å²) in [4.78, 5) is 25.7. The highest BCUT2D eigenvalue weighted by Crippen LogP contribution is 2.31. The minimum absolute atomic E-state index is 0.0507. The molecule has 0 unspecified atom stereocenters. The van der Waals surface area contributed by atoms with Gasteiger partial charge in [0.1, 0.15) is 6.54 Å². The molecule has 0 aliphatic rings. The normalized spacial score (nSPS) is 11.4. The minimum atomic E-state index is -0.132. The van der Waals surface area contributed by atoms with E-state index in [1.807, 2.05) is 38.1 Å². The highest BCUT2D eigenvalue weighted by atomic mass is 16.2. The summed E-state index contributed by atoms with van der Waals surface area (Å²) in [5.41, 5.74) is 1.77. The lowest BCUT2D eigenvalue weighted by molar-refractivity contribution is -0.123. The second kappa shape index (κ2) is 7.43. The van der Waals surface area contributed by atoms with E-state index in [1.54, 1.807) is 4.90 Å². The molecule has 1 aromatic rings. The standard InChI is InChI=1S/C18H28N2O2/c1-13(2)11-19-17(22)12-20(14(3)21)16-10-8-7-9-15(16)18(4,5)6/h7-10,13H,11-12H2,1-6H3,(H,19,22). The monoisotopic (exact) mass is 304 g/mol. The van der Waals surface area contributed by atoms with Crippen LogP contribution in [0.15, 0.2) is 24.3 Å². The van der Waals surface area contributed by atoms with Crippen LogP contribution in [0, 0.1) is 5.92 Å². The first-order chi connectivity index (χ1) is 10.1. The van der Waals surface area contributed by atoms with Crippen LogP contribution in [0.5, 0.6) is 0 Å². The van der Waals surface area contributed by atoms with E-state index in [2.05, 4.69) is 26.1 Å². The Labute approximate surface area is 133 Å². The van der Waals surface area contributed by atoms with Crippen LogP contribution >= 0.6 is 0 Å². The number of nitrogens with zero attached hydrogens (tertiary/aromatic N) is 1. The van der Waals surface area contributed by atoms with Gasteiger partial charge in [0, 0.05) is 19.2 Å². The molecule has 0 heterocycles. The lowest BCUT2D eigenvalue weighted by Crippen LogP contribution is -2.41. The van der Waals surface area contributed by atoms with E-state index in [1.165, 1.54) is 6.92 Å². The lowest BCUT2D eigenvalue weighted by atomic mass is 9.85. The van der Waals surface area contributed by atoms with Gasteiger partial charge in [0.2, 0.25) is 11.8 Å². The van der Waals surface area contributed by atoms with Crippen LogP contribution in [-0.2, 0) is 15.0 Å². The first-order valence-electron chi connectivity index (χ1n) is 7.77.